The number of rotatable bonds is 6. The smallest absolute Gasteiger partial charge is 0.406 e. The minimum atomic E-state index is -4.74. The molecule has 0 spiro atoms. The van der Waals surface area contributed by atoms with E-state index in [1.54, 1.807) is 0 Å². The van der Waals surface area contributed by atoms with Crippen molar-refractivity contribution in [2.45, 2.75) is 38.6 Å². The first-order valence-electron chi connectivity index (χ1n) is 6.43. The van der Waals surface area contributed by atoms with Crippen LogP contribution in [0.15, 0.2) is 24.3 Å². The van der Waals surface area contributed by atoms with Crippen molar-refractivity contribution < 1.29 is 22.7 Å². The van der Waals surface area contributed by atoms with Gasteiger partial charge in [-0.1, -0.05) is 22.9 Å². The first kappa shape index (κ1) is 17.8. The third kappa shape index (κ3) is 5.95. The molecule has 1 aromatic carbocycles. The van der Waals surface area contributed by atoms with Crippen molar-refractivity contribution in [3.8, 4) is 5.75 Å². The molecule has 7 heteroatoms. The number of ether oxygens (including phenoxy) is 1. The van der Waals surface area contributed by atoms with E-state index in [2.05, 4.69) is 26.0 Å². The lowest BCUT2D eigenvalue weighted by Gasteiger charge is -2.29. The number of benzene rings is 1. The van der Waals surface area contributed by atoms with Crippen LogP contribution in [0, 0.1) is 0 Å². The van der Waals surface area contributed by atoms with Crippen molar-refractivity contribution in [1.82, 2.24) is 5.32 Å². The highest BCUT2D eigenvalue weighted by Gasteiger charge is 2.31. The fourth-order valence-corrected chi connectivity index (χ4v) is 2.57. The zero-order valence-electron chi connectivity index (χ0n) is 11.8. The molecule has 1 rings (SSSR count). The van der Waals surface area contributed by atoms with Gasteiger partial charge in [0, 0.05) is 16.4 Å². The number of carbonyl (C=O) groups is 1. The van der Waals surface area contributed by atoms with Crippen LogP contribution in [-0.2, 0) is 0 Å². The van der Waals surface area contributed by atoms with Gasteiger partial charge in [-0.2, -0.15) is 0 Å². The molecule has 1 atom stereocenters. The van der Waals surface area contributed by atoms with E-state index in [1.807, 2.05) is 13.8 Å². The molecule has 0 bridgehead atoms. The van der Waals surface area contributed by atoms with Gasteiger partial charge >= 0.3 is 6.36 Å². The summed E-state index contributed by atoms with van der Waals surface area (Å²) >= 11 is 3.34. The average molecular weight is 368 g/mol. The van der Waals surface area contributed by atoms with Crippen LogP contribution in [0.1, 0.15) is 37.0 Å². The van der Waals surface area contributed by atoms with Gasteiger partial charge in [0.25, 0.3) is 5.91 Å². The highest BCUT2D eigenvalue weighted by Crippen LogP contribution is 2.23. The Kier molecular flexibility index (Phi) is 6.07. The van der Waals surface area contributed by atoms with E-state index >= 15 is 0 Å². The fraction of sp³-hybridized carbons (Fsp3) is 0.500. The topological polar surface area (TPSA) is 38.3 Å². The number of amides is 1. The zero-order chi connectivity index (χ0) is 16.1. The van der Waals surface area contributed by atoms with E-state index in [-0.39, 0.29) is 17.2 Å². The molecule has 3 nitrogen and oxygen atoms in total. The van der Waals surface area contributed by atoms with Gasteiger partial charge < -0.3 is 10.1 Å². The Bertz CT molecular complexity index is 476. The highest BCUT2D eigenvalue weighted by molar-refractivity contribution is 9.09. The largest absolute Gasteiger partial charge is 0.573 e. The van der Waals surface area contributed by atoms with Gasteiger partial charge in [-0.05, 0) is 44.0 Å². The second-order valence-electron chi connectivity index (χ2n) is 4.88. The van der Waals surface area contributed by atoms with Gasteiger partial charge in [0.05, 0.1) is 0 Å². The molecule has 0 heterocycles. The number of halogens is 4. The molecule has 1 amide bonds. The lowest BCUT2D eigenvalue weighted by molar-refractivity contribution is -0.274. The van der Waals surface area contributed by atoms with Crippen LogP contribution in [-0.4, -0.2) is 23.1 Å². The van der Waals surface area contributed by atoms with Crippen LogP contribution in [0.5, 0.6) is 5.75 Å². The van der Waals surface area contributed by atoms with Crippen LogP contribution >= 0.6 is 15.9 Å². The molecule has 118 valence electrons. The summed E-state index contributed by atoms with van der Waals surface area (Å²) in [4.78, 5) is 12.1. The van der Waals surface area contributed by atoms with Gasteiger partial charge in [-0.25, -0.2) is 0 Å². The summed E-state index contributed by atoms with van der Waals surface area (Å²) in [5.41, 5.74) is -0.0689. The van der Waals surface area contributed by atoms with Crippen LogP contribution < -0.4 is 10.1 Å². The summed E-state index contributed by atoms with van der Waals surface area (Å²) in [6.45, 7) is 3.89. The summed E-state index contributed by atoms with van der Waals surface area (Å²) in [5, 5.41) is 3.64. The van der Waals surface area contributed by atoms with E-state index in [9.17, 15) is 18.0 Å². The molecule has 1 aromatic rings. The maximum atomic E-state index is 12.1. The third-order valence-corrected chi connectivity index (χ3v) is 3.59. The molecule has 0 aliphatic carbocycles. The van der Waals surface area contributed by atoms with E-state index in [4.69, 9.17) is 0 Å². The van der Waals surface area contributed by atoms with Crippen molar-refractivity contribution in [2.75, 3.05) is 5.33 Å². The maximum Gasteiger partial charge on any atom is 0.573 e. The predicted octanol–water partition coefficient (Wildman–Crippen LogP) is 4.27. The van der Waals surface area contributed by atoms with Crippen LogP contribution in [0.25, 0.3) is 0 Å². The third-order valence-electron chi connectivity index (χ3n) is 3.19. The molecule has 0 aromatic heterocycles. The quantitative estimate of drug-likeness (QED) is 0.762. The summed E-state index contributed by atoms with van der Waals surface area (Å²) < 4.78 is 39.9. The monoisotopic (exact) mass is 367 g/mol. The standard InChI is InChI=1S/C14H17BrF3NO2/c1-3-13(2,8-9-15)19-12(20)10-4-6-11(7-5-10)21-14(16,17)18/h4-7H,3,8-9H2,1-2H3,(H,19,20). The molecule has 21 heavy (non-hydrogen) atoms. The van der Waals surface area contributed by atoms with Crippen molar-refractivity contribution in [1.29, 1.82) is 0 Å². The number of carbonyl (C=O) groups excluding carboxylic acids is 1. The van der Waals surface area contributed by atoms with Crippen molar-refractivity contribution in [3.05, 3.63) is 29.8 Å². The Balaban J connectivity index is 2.75. The van der Waals surface area contributed by atoms with E-state index in [1.165, 1.54) is 12.1 Å². The first-order chi connectivity index (χ1) is 9.69. The maximum absolute atomic E-state index is 12.1. The lowest BCUT2D eigenvalue weighted by atomic mass is 9.95. The average Bonchev–Trinajstić information content (AvgIpc) is 2.37. The van der Waals surface area contributed by atoms with Crippen molar-refractivity contribution in [2.24, 2.45) is 0 Å². The van der Waals surface area contributed by atoms with Crippen molar-refractivity contribution in [3.63, 3.8) is 0 Å². The molecule has 0 aliphatic heterocycles. The van der Waals surface area contributed by atoms with Gasteiger partial charge in [0.2, 0.25) is 0 Å². The SMILES string of the molecule is CCC(C)(CCBr)NC(=O)c1ccc(OC(F)(F)F)cc1. The summed E-state index contributed by atoms with van der Waals surface area (Å²) in [5.74, 6) is -0.670. The Hall–Kier alpha value is -1.24. The summed E-state index contributed by atoms with van der Waals surface area (Å²) in [6.07, 6.45) is -3.23. The van der Waals surface area contributed by atoms with Gasteiger partial charge in [-0.15, -0.1) is 13.2 Å². The highest BCUT2D eigenvalue weighted by atomic mass is 79.9. The summed E-state index contributed by atoms with van der Waals surface area (Å²) in [6, 6.07) is 4.85. The van der Waals surface area contributed by atoms with Crippen LogP contribution in [0.3, 0.4) is 0 Å². The van der Waals surface area contributed by atoms with Gasteiger partial charge in [0.1, 0.15) is 5.75 Å². The molecule has 0 radical (unpaired) electrons. The van der Waals surface area contributed by atoms with E-state index < -0.39 is 6.36 Å². The minimum Gasteiger partial charge on any atom is -0.406 e. The first-order valence-corrected chi connectivity index (χ1v) is 7.55. The Morgan fingerprint density at radius 2 is 1.86 bits per heavy atom. The molecule has 1 N–H and O–H groups in total. The fourth-order valence-electron chi connectivity index (χ4n) is 1.69. The van der Waals surface area contributed by atoms with E-state index in [0.29, 0.717) is 5.56 Å². The second kappa shape index (κ2) is 7.15. The molecule has 0 saturated carbocycles. The Morgan fingerprint density at radius 1 is 1.29 bits per heavy atom. The zero-order valence-corrected chi connectivity index (χ0v) is 13.3. The number of hydrogen-bond acceptors (Lipinski definition) is 2. The normalized spacial score (nSPS) is 14.4. The molecular formula is C14H17BrF3NO2. The molecule has 1 unspecified atom stereocenters. The Labute approximate surface area is 130 Å². The molecule has 0 aliphatic rings. The molecule has 0 fully saturated rings. The lowest BCUT2D eigenvalue weighted by Crippen LogP contribution is -2.45. The van der Waals surface area contributed by atoms with Crippen molar-refractivity contribution >= 4 is 21.8 Å². The minimum absolute atomic E-state index is 0.291. The second-order valence-corrected chi connectivity index (χ2v) is 5.67. The molecule has 0 saturated heterocycles. The number of nitrogens with one attached hydrogen (secondary N) is 1. The predicted molar refractivity (Wildman–Crippen MR) is 77.7 cm³/mol. The number of alkyl halides is 4. The van der Waals surface area contributed by atoms with Crippen LogP contribution in [0.4, 0.5) is 13.2 Å². The Morgan fingerprint density at radius 3 is 2.29 bits per heavy atom. The van der Waals surface area contributed by atoms with Crippen LogP contribution in [0.2, 0.25) is 0 Å². The van der Waals surface area contributed by atoms with Gasteiger partial charge in [-0.3, -0.25) is 4.79 Å². The number of hydrogen-bond donors (Lipinski definition) is 1. The van der Waals surface area contributed by atoms with Gasteiger partial charge in [0.15, 0.2) is 0 Å². The molecular weight excluding hydrogens is 351 g/mol. The summed E-state index contributed by atoms with van der Waals surface area (Å²) in [7, 11) is 0. The van der Waals surface area contributed by atoms with E-state index in [0.717, 1.165) is 30.3 Å².